The predicted molar refractivity (Wildman–Crippen MR) is 97.0 cm³/mol. The van der Waals surface area contributed by atoms with Gasteiger partial charge in [-0.2, -0.15) is 0 Å². The lowest BCUT2D eigenvalue weighted by Crippen LogP contribution is -2.29. The Hall–Kier alpha value is -3.80. The molecule has 2 amide bonds. The Morgan fingerprint density at radius 2 is 1.63 bits per heavy atom. The lowest BCUT2D eigenvalue weighted by atomic mass is 10.1. The molecule has 0 spiro atoms. The summed E-state index contributed by atoms with van der Waals surface area (Å²) < 4.78 is 19.7. The minimum atomic E-state index is -0.698. The van der Waals surface area contributed by atoms with Crippen molar-refractivity contribution in [1.82, 2.24) is 4.98 Å². The van der Waals surface area contributed by atoms with Crippen LogP contribution in [0.5, 0.6) is 0 Å². The minimum absolute atomic E-state index is 0.0722. The Balaban J connectivity index is 1.52. The van der Waals surface area contributed by atoms with Crippen molar-refractivity contribution in [3.8, 4) is 11.5 Å². The molecular weight excluding hydrogens is 347 g/mol. The van der Waals surface area contributed by atoms with Crippen LogP contribution in [0, 0.1) is 5.82 Å². The first kappa shape index (κ1) is 15.5. The van der Waals surface area contributed by atoms with Crippen molar-refractivity contribution in [2.75, 3.05) is 4.90 Å². The van der Waals surface area contributed by atoms with E-state index in [0.717, 1.165) is 10.4 Å². The molecule has 130 valence electrons. The molecule has 6 heteroatoms. The fourth-order valence-corrected chi connectivity index (χ4v) is 3.23. The summed E-state index contributed by atoms with van der Waals surface area (Å²) in [6.07, 6.45) is 0. The third-order valence-corrected chi connectivity index (χ3v) is 4.53. The summed E-state index contributed by atoms with van der Waals surface area (Å²) in [6.45, 7) is 0. The number of carbonyl (C=O) groups is 2. The summed E-state index contributed by atoms with van der Waals surface area (Å²) in [5.41, 5.74) is 2.37. The van der Waals surface area contributed by atoms with E-state index in [-0.39, 0.29) is 11.1 Å². The zero-order chi connectivity index (χ0) is 18.5. The molecule has 0 saturated carbocycles. The molecule has 4 aromatic rings. The molecule has 0 unspecified atom stereocenters. The number of rotatable bonds is 2. The summed E-state index contributed by atoms with van der Waals surface area (Å²) in [5, 5.41) is 0. The largest absolute Gasteiger partial charge is 0.436 e. The number of hydrogen-bond acceptors (Lipinski definition) is 4. The quantitative estimate of drug-likeness (QED) is 0.497. The summed E-state index contributed by atoms with van der Waals surface area (Å²) in [6, 6.07) is 18.1. The van der Waals surface area contributed by atoms with Gasteiger partial charge in [-0.05, 0) is 48.5 Å². The number of fused-ring (bicyclic) bond motifs is 2. The molecule has 1 aliphatic heterocycles. The first-order chi connectivity index (χ1) is 13.1. The van der Waals surface area contributed by atoms with Crippen molar-refractivity contribution in [3.63, 3.8) is 0 Å². The van der Waals surface area contributed by atoms with Gasteiger partial charge in [-0.3, -0.25) is 9.59 Å². The molecule has 0 radical (unpaired) electrons. The topological polar surface area (TPSA) is 63.4 Å². The highest BCUT2D eigenvalue weighted by Gasteiger charge is 2.38. The number of imide groups is 1. The van der Waals surface area contributed by atoms with E-state index in [0.29, 0.717) is 22.7 Å². The molecule has 1 aliphatic rings. The Labute approximate surface area is 152 Å². The highest BCUT2D eigenvalue weighted by atomic mass is 19.1. The predicted octanol–water partition coefficient (Wildman–Crippen LogP) is 4.43. The van der Waals surface area contributed by atoms with Crippen LogP contribution in [0.1, 0.15) is 20.7 Å². The fraction of sp³-hybridized carbons (Fsp3) is 0. The van der Waals surface area contributed by atoms with Crippen LogP contribution in [0.15, 0.2) is 71.1 Å². The molecule has 2 heterocycles. The van der Waals surface area contributed by atoms with Crippen LogP contribution < -0.4 is 4.90 Å². The maximum Gasteiger partial charge on any atom is 0.269 e. The van der Waals surface area contributed by atoms with Crippen molar-refractivity contribution < 1.29 is 18.4 Å². The van der Waals surface area contributed by atoms with Gasteiger partial charge in [-0.15, -0.1) is 0 Å². The monoisotopic (exact) mass is 358 g/mol. The van der Waals surface area contributed by atoms with Gasteiger partial charge in [0.05, 0.1) is 16.8 Å². The highest BCUT2D eigenvalue weighted by Crippen LogP contribution is 2.32. The van der Waals surface area contributed by atoms with Crippen LogP contribution in [-0.2, 0) is 0 Å². The van der Waals surface area contributed by atoms with E-state index < -0.39 is 17.6 Å². The van der Waals surface area contributed by atoms with Gasteiger partial charge in [0, 0.05) is 5.56 Å². The van der Waals surface area contributed by atoms with Gasteiger partial charge in [-0.25, -0.2) is 14.3 Å². The molecular formula is C21H11FN2O3. The molecule has 5 rings (SSSR count). The van der Waals surface area contributed by atoms with E-state index in [2.05, 4.69) is 4.98 Å². The molecule has 0 atom stereocenters. The van der Waals surface area contributed by atoms with Crippen molar-refractivity contribution in [1.29, 1.82) is 0 Å². The first-order valence-electron chi connectivity index (χ1n) is 8.27. The summed E-state index contributed by atoms with van der Waals surface area (Å²) in [5.74, 6) is -1.46. The van der Waals surface area contributed by atoms with Gasteiger partial charge in [0.2, 0.25) is 5.89 Å². The van der Waals surface area contributed by atoms with E-state index >= 15 is 0 Å². The highest BCUT2D eigenvalue weighted by molar-refractivity contribution is 6.34. The van der Waals surface area contributed by atoms with E-state index in [9.17, 15) is 14.0 Å². The number of oxazole rings is 1. The molecule has 27 heavy (non-hydrogen) atoms. The standard InChI is InChI=1S/C21H11FN2O3/c22-15-5-3-4-14-18(15)21(26)24(20(14)25)13-10-8-12(9-11-13)19-23-16-6-1-2-7-17(16)27-19/h1-11H. The second kappa shape index (κ2) is 5.60. The average Bonchev–Trinajstić information content (AvgIpc) is 3.22. The van der Waals surface area contributed by atoms with Gasteiger partial charge in [-0.1, -0.05) is 18.2 Å². The van der Waals surface area contributed by atoms with Crippen molar-refractivity contribution in [2.24, 2.45) is 0 Å². The zero-order valence-electron chi connectivity index (χ0n) is 13.8. The van der Waals surface area contributed by atoms with Crippen molar-refractivity contribution in [3.05, 3.63) is 83.7 Å². The number of halogens is 1. The number of anilines is 1. The minimum Gasteiger partial charge on any atom is -0.436 e. The average molecular weight is 358 g/mol. The fourth-order valence-electron chi connectivity index (χ4n) is 3.23. The summed E-state index contributed by atoms with van der Waals surface area (Å²) in [7, 11) is 0. The van der Waals surface area contributed by atoms with E-state index in [1.807, 2.05) is 24.3 Å². The molecule has 5 nitrogen and oxygen atoms in total. The van der Waals surface area contributed by atoms with Crippen LogP contribution >= 0.6 is 0 Å². The second-order valence-corrected chi connectivity index (χ2v) is 6.14. The van der Waals surface area contributed by atoms with Crippen molar-refractivity contribution in [2.45, 2.75) is 0 Å². The Kier molecular flexibility index (Phi) is 3.21. The molecule has 0 aliphatic carbocycles. The number of nitrogens with zero attached hydrogens (tertiary/aromatic N) is 2. The number of para-hydroxylation sites is 2. The number of benzene rings is 3. The summed E-state index contributed by atoms with van der Waals surface area (Å²) >= 11 is 0. The van der Waals surface area contributed by atoms with Crippen LogP contribution in [0.3, 0.4) is 0 Å². The number of aromatic nitrogens is 1. The molecule has 1 aromatic heterocycles. The second-order valence-electron chi connectivity index (χ2n) is 6.14. The Bertz CT molecular complexity index is 1190. The first-order valence-corrected chi connectivity index (χ1v) is 8.27. The van der Waals surface area contributed by atoms with E-state index in [1.54, 1.807) is 24.3 Å². The third kappa shape index (κ3) is 2.27. The van der Waals surface area contributed by atoms with Gasteiger partial charge in [0.25, 0.3) is 11.8 Å². The Morgan fingerprint density at radius 3 is 2.37 bits per heavy atom. The van der Waals surface area contributed by atoms with E-state index in [1.165, 1.54) is 18.2 Å². The smallest absolute Gasteiger partial charge is 0.269 e. The lowest BCUT2D eigenvalue weighted by molar-refractivity contribution is 0.0925. The molecule has 3 aromatic carbocycles. The van der Waals surface area contributed by atoms with Crippen molar-refractivity contribution >= 4 is 28.6 Å². The van der Waals surface area contributed by atoms with Crippen LogP contribution in [0.4, 0.5) is 10.1 Å². The number of hydrogen-bond donors (Lipinski definition) is 0. The van der Waals surface area contributed by atoms with E-state index in [4.69, 9.17) is 4.42 Å². The maximum absolute atomic E-state index is 14.0. The number of carbonyl (C=O) groups excluding carboxylic acids is 2. The molecule has 0 fully saturated rings. The maximum atomic E-state index is 14.0. The Morgan fingerprint density at radius 1 is 0.852 bits per heavy atom. The van der Waals surface area contributed by atoms with Gasteiger partial charge < -0.3 is 4.42 Å². The normalized spacial score (nSPS) is 13.4. The van der Waals surface area contributed by atoms with Gasteiger partial charge >= 0.3 is 0 Å². The summed E-state index contributed by atoms with van der Waals surface area (Å²) in [4.78, 5) is 30.5. The molecule has 0 saturated heterocycles. The van der Waals surface area contributed by atoms with Crippen LogP contribution in [0.25, 0.3) is 22.6 Å². The lowest BCUT2D eigenvalue weighted by Gasteiger charge is -2.13. The SMILES string of the molecule is O=C1c2cccc(F)c2C(=O)N1c1ccc(-c2nc3ccccc3o2)cc1. The zero-order valence-corrected chi connectivity index (χ0v) is 13.8. The molecule has 0 bridgehead atoms. The third-order valence-electron chi connectivity index (χ3n) is 4.53. The van der Waals surface area contributed by atoms with Gasteiger partial charge in [0.15, 0.2) is 5.58 Å². The number of amides is 2. The molecule has 0 N–H and O–H groups in total. The van der Waals surface area contributed by atoms with Crippen LogP contribution in [0.2, 0.25) is 0 Å². The van der Waals surface area contributed by atoms with Gasteiger partial charge in [0.1, 0.15) is 11.3 Å². The van der Waals surface area contributed by atoms with Crippen LogP contribution in [-0.4, -0.2) is 16.8 Å².